The number of hydrogen-bond acceptors (Lipinski definition) is 3. The van der Waals surface area contributed by atoms with Gasteiger partial charge in [0.15, 0.2) is 0 Å². The van der Waals surface area contributed by atoms with E-state index >= 15 is 0 Å². The highest BCUT2D eigenvalue weighted by Gasteiger charge is 2.07. The number of hydrogen-bond donors (Lipinski definition) is 2. The topological polar surface area (TPSA) is 71.1 Å². The van der Waals surface area contributed by atoms with Crippen LogP contribution < -0.4 is 10.6 Å². The molecular weight excluding hydrogens is 314 g/mol. The van der Waals surface area contributed by atoms with E-state index in [1.165, 1.54) is 6.92 Å². The number of carbonyl (C=O) groups is 2. The van der Waals surface area contributed by atoms with Crippen molar-refractivity contribution in [2.24, 2.45) is 0 Å². The Balaban J connectivity index is 1.67. The second kappa shape index (κ2) is 7.40. The van der Waals surface area contributed by atoms with Crippen molar-refractivity contribution in [3.8, 4) is 11.3 Å². The number of nitrogens with one attached hydrogen (secondary N) is 2. The normalized spacial score (nSPS) is 10.1. The first-order valence-corrected chi connectivity index (χ1v) is 7.82. The van der Waals surface area contributed by atoms with Gasteiger partial charge in [0.05, 0.1) is 17.6 Å². The van der Waals surface area contributed by atoms with Gasteiger partial charge in [-0.2, -0.15) is 0 Å². The minimum atomic E-state index is -0.233. The summed E-state index contributed by atoms with van der Waals surface area (Å²) >= 11 is 0. The average Bonchev–Trinajstić information content (AvgIpc) is 2.63. The van der Waals surface area contributed by atoms with Gasteiger partial charge in [0.2, 0.25) is 5.91 Å². The summed E-state index contributed by atoms with van der Waals surface area (Å²) in [5, 5.41) is 5.47. The lowest BCUT2D eigenvalue weighted by Gasteiger charge is -2.07. The zero-order chi connectivity index (χ0) is 17.6. The van der Waals surface area contributed by atoms with Crippen LogP contribution in [0.15, 0.2) is 72.9 Å². The van der Waals surface area contributed by atoms with Gasteiger partial charge in [-0.05, 0) is 36.4 Å². The summed E-state index contributed by atoms with van der Waals surface area (Å²) in [5.41, 5.74) is 3.64. The zero-order valence-corrected chi connectivity index (χ0v) is 13.7. The van der Waals surface area contributed by atoms with Crippen LogP contribution in [0.4, 0.5) is 11.4 Å². The molecule has 0 spiro atoms. The quantitative estimate of drug-likeness (QED) is 0.760. The Hall–Kier alpha value is -3.47. The fourth-order valence-electron chi connectivity index (χ4n) is 2.36. The van der Waals surface area contributed by atoms with Gasteiger partial charge < -0.3 is 10.6 Å². The third kappa shape index (κ3) is 4.29. The van der Waals surface area contributed by atoms with Crippen LogP contribution >= 0.6 is 0 Å². The van der Waals surface area contributed by atoms with E-state index in [2.05, 4.69) is 15.6 Å². The minimum absolute atomic E-state index is 0.151. The van der Waals surface area contributed by atoms with E-state index in [1.807, 2.05) is 42.5 Å². The molecular formula is C20H17N3O2. The number of benzene rings is 2. The Labute approximate surface area is 145 Å². The van der Waals surface area contributed by atoms with Crippen LogP contribution in [0.2, 0.25) is 0 Å². The van der Waals surface area contributed by atoms with Crippen molar-refractivity contribution < 1.29 is 9.59 Å². The van der Waals surface area contributed by atoms with Gasteiger partial charge in [0, 0.05) is 23.7 Å². The van der Waals surface area contributed by atoms with Crippen LogP contribution in [-0.2, 0) is 4.79 Å². The van der Waals surface area contributed by atoms with Crippen molar-refractivity contribution in [1.29, 1.82) is 0 Å². The van der Waals surface area contributed by atoms with E-state index in [4.69, 9.17) is 0 Å². The standard InChI is InChI=1S/C20H17N3O2/c1-14(24)22-17-9-7-16(8-10-17)20(25)23-18-11-12-19(21-13-18)15-5-3-2-4-6-15/h2-13H,1H3,(H,22,24)(H,23,25). The van der Waals surface area contributed by atoms with Crippen molar-refractivity contribution in [2.75, 3.05) is 10.6 Å². The maximum Gasteiger partial charge on any atom is 0.255 e. The molecule has 0 bridgehead atoms. The zero-order valence-electron chi connectivity index (χ0n) is 13.7. The summed E-state index contributed by atoms with van der Waals surface area (Å²) in [7, 11) is 0. The molecule has 0 radical (unpaired) electrons. The summed E-state index contributed by atoms with van der Waals surface area (Å²) in [4.78, 5) is 27.7. The lowest BCUT2D eigenvalue weighted by molar-refractivity contribution is -0.114. The van der Waals surface area contributed by atoms with Crippen molar-refractivity contribution in [3.63, 3.8) is 0 Å². The maximum atomic E-state index is 12.3. The second-order valence-electron chi connectivity index (χ2n) is 5.51. The van der Waals surface area contributed by atoms with Crippen LogP contribution in [-0.4, -0.2) is 16.8 Å². The number of rotatable bonds is 4. The Morgan fingerprint density at radius 2 is 1.48 bits per heavy atom. The molecule has 0 atom stereocenters. The van der Waals surface area contributed by atoms with Crippen LogP contribution in [0.3, 0.4) is 0 Å². The number of pyridine rings is 1. The van der Waals surface area contributed by atoms with Gasteiger partial charge in [-0.15, -0.1) is 0 Å². The third-order valence-electron chi connectivity index (χ3n) is 3.56. The Kier molecular flexibility index (Phi) is 4.85. The first-order valence-electron chi connectivity index (χ1n) is 7.82. The Morgan fingerprint density at radius 3 is 2.08 bits per heavy atom. The molecule has 0 aliphatic heterocycles. The van der Waals surface area contributed by atoms with Crippen molar-refractivity contribution in [2.45, 2.75) is 6.92 Å². The molecule has 1 heterocycles. The molecule has 2 N–H and O–H groups in total. The smallest absolute Gasteiger partial charge is 0.255 e. The summed E-state index contributed by atoms with van der Waals surface area (Å²) in [5.74, 6) is -0.384. The predicted octanol–water partition coefficient (Wildman–Crippen LogP) is 3.96. The van der Waals surface area contributed by atoms with Crippen molar-refractivity contribution in [3.05, 3.63) is 78.5 Å². The van der Waals surface area contributed by atoms with Crippen molar-refractivity contribution >= 4 is 23.2 Å². The van der Waals surface area contributed by atoms with Crippen LogP contribution in [0.1, 0.15) is 17.3 Å². The minimum Gasteiger partial charge on any atom is -0.326 e. The van der Waals surface area contributed by atoms with Crippen LogP contribution in [0.5, 0.6) is 0 Å². The van der Waals surface area contributed by atoms with E-state index in [1.54, 1.807) is 30.5 Å². The van der Waals surface area contributed by atoms with E-state index in [9.17, 15) is 9.59 Å². The summed E-state index contributed by atoms with van der Waals surface area (Å²) < 4.78 is 0. The van der Waals surface area contributed by atoms with E-state index in [0.717, 1.165) is 11.3 Å². The molecule has 1 aromatic heterocycles. The van der Waals surface area contributed by atoms with E-state index < -0.39 is 0 Å². The molecule has 0 unspecified atom stereocenters. The third-order valence-corrected chi connectivity index (χ3v) is 3.56. The molecule has 0 fully saturated rings. The van der Waals surface area contributed by atoms with E-state index in [0.29, 0.717) is 16.9 Å². The summed E-state index contributed by atoms with van der Waals surface area (Å²) in [6.45, 7) is 1.44. The first-order chi connectivity index (χ1) is 12.1. The predicted molar refractivity (Wildman–Crippen MR) is 98.4 cm³/mol. The van der Waals surface area contributed by atoms with Crippen LogP contribution in [0.25, 0.3) is 11.3 Å². The SMILES string of the molecule is CC(=O)Nc1ccc(C(=O)Nc2ccc(-c3ccccc3)nc2)cc1. The number of anilines is 2. The molecule has 3 aromatic rings. The van der Waals surface area contributed by atoms with Gasteiger partial charge in [-0.1, -0.05) is 30.3 Å². The molecule has 2 aromatic carbocycles. The van der Waals surface area contributed by atoms with Crippen LogP contribution in [0, 0.1) is 0 Å². The number of nitrogens with zero attached hydrogens (tertiary/aromatic N) is 1. The lowest BCUT2D eigenvalue weighted by Crippen LogP contribution is -2.12. The highest BCUT2D eigenvalue weighted by molar-refractivity contribution is 6.04. The maximum absolute atomic E-state index is 12.3. The van der Waals surface area contributed by atoms with Gasteiger partial charge in [-0.3, -0.25) is 14.6 Å². The van der Waals surface area contributed by atoms with Gasteiger partial charge in [0.25, 0.3) is 5.91 Å². The second-order valence-corrected chi connectivity index (χ2v) is 5.51. The molecule has 5 heteroatoms. The molecule has 0 saturated carbocycles. The Bertz CT molecular complexity index is 873. The highest BCUT2D eigenvalue weighted by atomic mass is 16.2. The fourth-order valence-corrected chi connectivity index (χ4v) is 2.36. The fraction of sp³-hybridized carbons (Fsp3) is 0.0500. The summed E-state index contributed by atoms with van der Waals surface area (Å²) in [6.07, 6.45) is 1.63. The number of aromatic nitrogens is 1. The average molecular weight is 331 g/mol. The molecule has 0 saturated heterocycles. The Morgan fingerprint density at radius 1 is 0.800 bits per heavy atom. The molecule has 25 heavy (non-hydrogen) atoms. The van der Waals surface area contributed by atoms with Crippen molar-refractivity contribution in [1.82, 2.24) is 4.98 Å². The monoisotopic (exact) mass is 331 g/mol. The molecule has 5 nitrogen and oxygen atoms in total. The van der Waals surface area contributed by atoms with E-state index in [-0.39, 0.29) is 11.8 Å². The van der Waals surface area contributed by atoms with Gasteiger partial charge in [-0.25, -0.2) is 0 Å². The number of carbonyl (C=O) groups excluding carboxylic acids is 2. The highest BCUT2D eigenvalue weighted by Crippen LogP contribution is 2.18. The first kappa shape index (κ1) is 16.4. The largest absolute Gasteiger partial charge is 0.326 e. The molecule has 124 valence electrons. The molecule has 0 aliphatic carbocycles. The van der Waals surface area contributed by atoms with Gasteiger partial charge in [0.1, 0.15) is 0 Å². The molecule has 0 aliphatic rings. The number of amides is 2. The van der Waals surface area contributed by atoms with Gasteiger partial charge >= 0.3 is 0 Å². The summed E-state index contributed by atoms with van der Waals surface area (Å²) in [6, 6.07) is 20.2. The lowest BCUT2D eigenvalue weighted by atomic mass is 10.1. The molecule has 2 amide bonds. The molecule has 3 rings (SSSR count).